The van der Waals surface area contributed by atoms with Crippen LogP contribution < -0.4 is 17.2 Å². The number of halogens is 9. The number of nitrogens with two attached hydrogens (primary N) is 3. The van der Waals surface area contributed by atoms with Gasteiger partial charge >= 0.3 is 21.6 Å². The molecule has 0 bridgehead atoms. The van der Waals surface area contributed by atoms with Gasteiger partial charge in [0, 0.05) is 89.5 Å². The van der Waals surface area contributed by atoms with Gasteiger partial charge in [-0.05, 0) is 102 Å². The van der Waals surface area contributed by atoms with Gasteiger partial charge in [-0.1, -0.05) is 75.7 Å². The Hall–Kier alpha value is -7.03. The molecule has 0 saturated heterocycles. The summed E-state index contributed by atoms with van der Waals surface area (Å²) < 4.78 is 77.5. The van der Waals surface area contributed by atoms with E-state index in [1.54, 1.807) is 67.6 Å². The summed E-state index contributed by atoms with van der Waals surface area (Å²) in [5, 5.41) is 28.9. The molecule has 0 aromatic heterocycles. The fraction of sp³-hybridized carbons (Fsp3) is 0.260. The van der Waals surface area contributed by atoms with Crippen molar-refractivity contribution in [1.82, 2.24) is 0 Å². The van der Waals surface area contributed by atoms with Crippen molar-refractivity contribution in [3.05, 3.63) is 218 Å². The predicted molar refractivity (Wildman–Crippen MR) is 328 cm³/mol. The first-order valence-electron chi connectivity index (χ1n) is 22.9. The quantitative estimate of drug-likeness (QED) is 0.0164. The van der Waals surface area contributed by atoms with E-state index in [1.807, 2.05) is 19.9 Å². The van der Waals surface area contributed by atoms with Gasteiger partial charge in [0.1, 0.15) is 0 Å². The number of hydrogen-bond acceptors (Lipinski definition) is 12. The first kappa shape index (κ1) is 78.2. The number of hydrogen-bond donors (Lipinski definition) is 4. The molecule has 7 N–H and O–H groups in total. The Labute approximate surface area is 516 Å². The number of nitro benzene ring substituents is 2. The van der Waals surface area contributed by atoms with Gasteiger partial charge in [-0.25, -0.2) is 32.9 Å². The number of anilines is 3. The van der Waals surface area contributed by atoms with Crippen LogP contribution in [0.3, 0.4) is 0 Å². The lowest BCUT2D eigenvalue weighted by atomic mass is 10.2. The van der Waals surface area contributed by atoms with Gasteiger partial charge in [0.05, 0.1) is 51.7 Å². The zero-order valence-corrected chi connectivity index (χ0v) is 52.4. The average molecular weight is 1440 g/mol. The molecule has 0 heterocycles. The number of nitrogen functional groups attached to an aromatic ring is 3. The second kappa shape index (κ2) is 47.8. The maximum absolute atomic E-state index is 10.7. The first-order valence-corrected chi connectivity index (χ1v) is 27.1. The molecule has 0 amide bonds. The van der Waals surface area contributed by atoms with Crippen LogP contribution >= 0.6 is 86.9 Å². The highest BCUT2D eigenvalue weighted by atomic mass is 79.9. The second-order valence-corrected chi connectivity index (χ2v) is 18.9. The van der Waals surface area contributed by atoms with Crippen molar-refractivity contribution >= 4 is 139 Å². The van der Waals surface area contributed by atoms with Gasteiger partial charge < -0.3 is 46.2 Å². The number of benzene rings is 5. The molecular formula is C50H53BBr4Cl2F3N11O9S. The summed E-state index contributed by atoms with van der Waals surface area (Å²) in [6, 6.07) is 24.5. The first-order chi connectivity index (χ1) is 38.6. The van der Waals surface area contributed by atoms with Crippen LogP contribution in [0.4, 0.5) is 41.6 Å². The Bertz CT molecular complexity index is 3200. The van der Waals surface area contributed by atoms with Crippen molar-refractivity contribution in [3.8, 4) is 6.07 Å². The largest absolute Gasteiger partial charge is 0.522 e. The molecule has 0 aliphatic rings. The lowest BCUT2D eigenvalue weighted by Crippen LogP contribution is -2.21. The third-order valence-electron chi connectivity index (χ3n) is 7.73. The number of alkyl halides is 3. The van der Waals surface area contributed by atoms with Crippen LogP contribution in [0.25, 0.3) is 24.2 Å². The number of nitrogens with zero attached hydrogens (tertiary/aromatic N) is 8. The van der Waals surface area contributed by atoms with E-state index >= 15 is 0 Å². The molecule has 0 aliphatic carbocycles. The Balaban J connectivity index is -0.000000281. The van der Waals surface area contributed by atoms with Crippen molar-refractivity contribution in [1.29, 1.82) is 7.93 Å². The monoisotopic (exact) mass is 1440 g/mol. The normalized spacial score (nSPS) is 9.31. The number of nitriles is 1. The zero-order chi connectivity index (χ0) is 65.6. The van der Waals surface area contributed by atoms with E-state index in [-0.39, 0.29) is 30.4 Å². The maximum Gasteiger partial charge on any atom is 0.522 e. The predicted octanol–water partition coefficient (Wildman–Crippen LogP) is 15.6. The third kappa shape index (κ3) is 39.1. The lowest BCUT2D eigenvalue weighted by Gasteiger charge is -2.02. The standard InChI is InChI=1S/2C8H6BrClN2.C8H5BrN2O2.C8H7BrN2.C8H6N2O2.C4H8O2.C2H3N.C2H6.CH5B.CHF3O3S/c1-12-4-5-2-7(10)8(11)3-6(5)9;1-12-4-5-2-3-6(11)8(10)7(5)9;1-10-5-6-2-3-7(11(12)13)4-8(6)9;1-11-5-6-2-3-7(10)4-8(6)9;1-9-6-7-2-4-8(5-3-7)10(11)12;1-3-6-4(2)5;1-2-3;2*1-2;2-1(3,4)8(5,6)7/h2*2-3H,4,11H2;2-4H,5H2;2-4H,5,10H2;2-5H,6H2;3H2,1-2H3;1H3;1-2H3;2H2,1H3;(H,5,6,7)/i;;;;;;;;2D2;. The minimum atomic E-state index is -5.84. The van der Waals surface area contributed by atoms with Crippen LogP contribution in [-0.2, 0) is 52.4 Å². The van der Waals surface area contributed by atoms with Crippen LogP contribution in [0.15, 0.2) is 103 Å². The van der Waals surface area contributed by atoms with Crippen molar-refractivity contribution in [2.75, 3.05) is 23.8 Å². The second-order valence-electron chi connectivity index (χ2n) is 13.4. The van der Waals surface area contributed by atoms with E-state index < -0.39 is 33.2 Å². The van der Waals surface area contributed by atoms with Gasteiger partial charge in [0.15, 0.2) is 0 Å². The molecule has 0 unspecified atom stereocenters. The summed E-state index contributed by atoms with van der Waals surface area (Å²) in [7, 11) is -6.51. The van der Waals surface area contributed by atoms with E-state index in [0.717, 1.165) is 41.2 Å². The Kier molecular flexibility index (Phi) is 46.1. The minimum Gasteiger partial charge on any atom is -0.466 e. The molecule has 0 saturated carbocycles. The molecule has 0 atom stereocenters. The highest BCUT2D eigenvalue weighted by Gasteiger charge is 2.44. The van der Waals surface area contributed by atoms with Gasteiger partial charge in [0.25, 0.3) is 11.4 Å². The van der Waals surface area contributed by atoms with Crippen LogP contribution in [0.1, 0.15) is 62.4 Å². The molecule has 0 fully saturated rings. The van der Waals surface area contributed by atoms with Crippen molar-refractivity contribution in [3.63, 3.8) is 0 Å². The molecule has 31 heteroatoms. The zero-order valence-electron chi connectivity index (χ0n) is 45.7. The molecule has 0 spiro atoms. The van der Waals surface area contributed by atoms with Gasteiger partial charge in [-0.15, -0.1) is 0 Å². The lowest BCUT2D eigenvalue weighted by molar-refractivity contribution is -0.385. The number of carbonyl (C=O) groups excluding carboxylic acids is 1. The Morgan fingerprint density at radius 1 is 0.741 bits per heavy atom. The highest BCUT2D eigenvalue weighted by Crippen LogP contribution is 2.32. The molecule has 5 aromatic rings. The molecule has 434 valence electrons. The summed E-state index contributed by atoms with van der Waals surface area (Å²) >= 11 is 24.7. The van der Waals surface area contributed by atoms with Crippen molar-refractivity contribution in [2.45, 2.75) is 79.7 Å². The van der Waals surface area contributed by atoms with E-state index in [0.29, 0.717) is 57.8 Å². The fourth-order valence-corrected chi connectivity index (χ4v) is 6.64. The number of rotatable bonds is 8. The van der Waals surface area contributed by atoms with Crippen LogP contribution in [0.2, 0.25) is 16.9 Å². The Morgan fingerprint density at radius 3 is 1.47 bits per heavy atom. The fourth-order valence-electron chi connectivity index (χ4n) is 4.28. The molecule has 0 aliphatic heterocycles. The van der Waals surface area contributed by atoms with E-state index in [1.165, 1.54) is 44.9 Å². The number of nitro groups is 2. The molecule has 5 rings (SSSR count). The number of esters is 1. The number of ether oxygens (including phenoxy) is 1. The minimum absolute atomic E-state index is 0.0283. The average Bonchev–Trinajstić information content (AvgIpc) is 3.39. The molecular weight excluding hydrogens is 1390 g/mol. The van der Waals surface area contributed by atoms with Crippen LogP contribution in [-0.4, -0.2) is 51.3 Å². The van der Waals surface area contributed by atoms with E-state index in [4.69, 9.17) is 94.2 Å². The Morgan fingerprint density at radius 2 is 1.11 bits per heavy atom. The van der Waals surface area contributed by atoms with Gasteiger partial charge in [-0.2, -0.15) is 26.9 Å². The molecule has 20 nitrogen and oxygen atoms in total. The smallest absolute Gasteiger partial charge is 0.466 e. The van der Waals surface area contributed by atoms with Gasteiger partial charge in [0.2, 0.25) is 32.7 Å². The highest BCUT2D eigenvalue weighted by molar-refractivity contribution is 9.11. The van der Waals surface area contributed by atoms with Crippen LogP contribution in [0, 0.1) is 64.4 Å². The van der Waals surface area contributed by atoms with E-state index in [9.17, 15) is 38.2 Å². The topological polar surface area (TPSA) is 291 Å². The molecule has 0 radical (unpaired) electrons. The van der Waals surface area contributed by atoms with Gasteiger partial charge in [-0.3, -0.25) is 29.6 Å². The number of carbonyl (C=O) groups is 1. The number of non-ortho nitro benzene ring substituents is 2. The molecule has 5 aromatic carbocycles. The van der Waals surface area contributed by atoms with Crippen LogP contribution in [0.5, 0.6) is 0 Å². The third-order valence-corrected chi connectivity index (χ3v) is 12.4. The summed E-state index contributed by atoms with van der Waals surface area (Å²) in [6.45, 7) is 45.4. The van der Waals surface area contributed by atoms with E-state index in [2.05, 4.69) is 92.7 Å². The summed E-state index contributed by atoms with van der Waals surface area (Å²) in [4.78, 5) is 45.6. The SMILES string of the molecule is CC.CC#N.CCOC(C)=O.O=S(=O)(O)C(F)(F)F.[2H]B([2H])C.[C-]#[N+]Cc1cc(Cl)c(N)cc1Br.[C-]#[N+]Cc1ccc(N)c(Cl)c1Br.[C-]#[N+]Cc1ccc(N)cc1Br.[C-]#[N+]Cc1ccc([N+](=O)[O-])cc1.[C-]#[N+]Cc1ccc([N+](=O)[O-])cc1Br. The van der Waals surface area contributed by atoms with Crippen molar-refractivity contribution < 1.29 is 45.5 Å². The van der Waals surface area contributed by atoms with Crippen molar-refractivity contribution in [2.24, 2.45) is 0 Å². The molecule has 81 heavy (non-hydrogen) atoms. The summed E-state index contributed by atoms with van der Waals surface area (Å²) in [5.74, 6) is -0.211. The maximum atomic E-state index is 10.7. The summed E-state index contributed by atoms with van der Waals surface area (Å²) in [6.07, 6.45) is 0. The summed E-state index contributed by atoms with van der Waals surface area (Å²) in [5.41, 5.74) is 17.2.